The second kappa shape index (κ2) is 8.15. The van der Waals surface area contributed by atoms with Gasteiger partial charge in [0.25, 0.3) is 5.91 Å². The Kier molecular flexibility index (Phi) is 5.70. The first-order chi connectivity index (χ1) is 11.7. The topological polar surface area (TPSA) is 45.2 Å². The minimum Gasteiger partial charge on any atom is -0.381 e. The van der Waals surface area contributed by atoms with Crippen LogP contribution in [0.3, 0.4) is 0 Å². The van der Waals surface area contributed by atoms with Gasteiger partial charge in [-0.05, 0) is 42.7 Å². The summed E-state index contributed by atoms with van der Waals surface area (Å²) in [5, 5.41) is 4.07. The van der Waals surface area contributed by atoms with Gasteiger partial charge in [-0.1, -0.05) is 36.6 Å². The second-order valence-corrected chi connectivity index (χ2v) is 6.55. The van der Waals surface area contributed by atoms with Crippen LogP contribution < -0.4 is 5.32 Å². The largest absolute Gasteiger partial charge is 0.381 e. The van der Waals surface area contributed by atoms with Crippen molar-refractivity contribution < 1.29 is 4.79 Å². The highest BCUT2D eigenvalue weighted by Gasteiger charge is 2.18. The zero-order valence-corrected chi connectivity index (χ0v) is 14.4. The van der Waals surface area contributed by atoms with E-state index in [4.69, 9.17) is 11.6 Å². The minimum absolute atomic E-state index is 0.0343. The Balaban J connectivity index is 1.64. The molecule has 4 nitrogen and oxygen atoms in total. The van der Waals surface area contributed by atoms with Gasteiger partial charge >= 0.3 is 0 Å². The van der Waals surface area contributed by atoms with Gasteiger partial charge in [-0.25, -0.2) is 0 Å². The lowest BCUT2D eigenvalue weighted by Crippen LogP contribution is -2.32. The number of benzene rings is 1. The molecule has 1 aromatic heterocycles. The number of nitrogens with zero attached hydrogens (tertiary/aromatic N) is 2. The van der Waals surface area contributed by atoms with Crippen molar-refractivity contribution in [3.05, 3.63) is 58.9 Å². The number of halogens is 1. The molecule has 1 aliphatic rings. The molecule has 1 N–H and O–H groups in total. The van der Waals surface area contributed by atoms with Crippen LogP contribution in [-0.2, 0) is 6.54 Å². The van der Waals surface area contributed by atoms with Gasteiger partial charge in [-0.3, -0.25) is 9.78 Å². The minimum atomic E-state index is 0.0343. The molecule has 1 saturated heterocycles. The van der Waals surface area contributed by atoms with Crippen molar-refractivity contribution in [1.82, 2.24) is 9.88 Å². The molecule has 0 aliphatic carbocycles. The molecule has 1 fully saturated rings. The number of anilines is 1. The second-order valence-electron chi connectivity index (χ2n) is 6.12. The van der Waals surface area contributed by atoms with Gasteiger partial charge in [0.05, 0.1) is 0 Å². The molecule has 2 heterocycles. The summed E-state index contributed by atoms with van der Waals surface area (Å²) in [6.07, 6.45) is 6.27. The van der Waals surface area contributed by atoms with Crippen LogP contribution in [0.2, 0.25) is 5.02 Å². The normalized spacial score (nSPS) is 15.0. The lowest BCUT2D eigenvalue weighted by atomic mass is 10.2. The van der Waals surface area contributed by atoms with Gasteiger partial charge in [0, 0.05) is 36.5 Å². The Labute approximate surface area is 147 Å². The molecule has 1 aliphatic heterocycles. The van der Waals surface area contributed by atoms with Gasteiger partial charge in [-0.2, -0.15) is 0 Å². The Morgan fingerprint density at radius 2 is 1.79 bits per heavy atom. The van der Waals surface area contributed by atoms with E-state index in [-0.39, 0.29) is 5.91 Å². The van der Waals surface area contributed by atoms with E-state index >= 15 is 0 Å². The van der Waals surface area contributed by atoms with Crippen LogP contribution in [0.25, 0.3) is 0 Å². The van der Waals surface area contributed by atoms with Crippen LogP contribution in [-0.4, -0.2) is 28.9 Å². The summed E-state index contributed by atoms with van der Waals surface area (Å²) < 4.78 is 0. The molecular formula is C19H22ClN3O. The number of carbonyl (C=O) groups is 1. The summed E-state index contributed by atoms with van der Waals surface area (Å²) >= 11 is 5.90. The molecule has 0 saturated carbocycles. The van der Waals surface area contributed by atoms with E-state index in [9.17, 15) is 4.79 Å². The van der Waals surface area contributed by atoms with Crippen molar-refractivity contribution in [1.29, 1.82) is 0 Å². The Bertz CT molecular complexity index is 679. The predicted molar refractivity (Wildman–Crippen MR) is 97.4 cm³/mol. The third-order valence-corrected chi connectivity index (χ3v) is 4.53. The van der Waals surface area contributed by atoms with Crippen LogP contribution in [0.1, 0.15) is 41.7 Å². The number of pyridine rings is 1. The fraction of sp³-hybridized carbons (Fsp3) is 0.368. The lowest BCUT2D eigenvalue weighted by Gasteiger charge is -2.20. The number of hydrogen-bond acceptors (Lipinski definition) is 3. The van der Waals surface area contributed by atoms with Crippen molar-refractivity contribution in [2.75, 3.05) is 18.4 Å². The lowest BCUT2D eigenvalue weighted by molar-refractivity contribution is 0.0756. The van der Waals surface area contributed by atoms with Gasteiger partial charge in [0.1, 0.15) is 5.69 Å². The zero-order valence-electron chi connectivity index (χ0n) is 13.7. The number of carbonyl (C=O) groups excluding carboxylic acids is 1. The number of aromatic nitrogens is 1. The molecule has 0 bridgehead atoms. The molecule has 126 valence electrons. The van der Waals surface area contributed by atoms with Crippen molar-refractivity contribution in [3.8, 4) is 0 Å². The highest BCUT2D eigenvalue weighted by molar-refractivity contribution is 6.30. The third-order valence-electron chi connectivity index (χ3n) is 4.28. The molecule has 0 spiro atoms. The molecule has 0 atom stereocenters. The molecule has 2 aromatic rings. The van der Waals surface area contributed by atoms with Crippen molar-refractivity contribution in [3.63, 3.8) is 0 Å². The van der Waals surface area contributed by atoms with Crippen LogP contribution in [0.4, 0.5) is 5.69 Å². The maximum Gasteiger partial charge on any atom is 0.272 e. The summed E-state index contributed by atoms with van der Waals surface area (Å²) in [4.78, 5) is 18.8. The smallest absolute Gasteiger partial charge is 0.272 e. The summed E-state index contributed by atoms with van der Waals surface area (Å²) in [5.74, 6) is 0.0343. The fourth-order valence-electron chi connectivity index (χ4n) is 2.90. The summed E-state index contributed by atoms with van der Waals surface area (Å²) in [6, 6.07) is 11.4. The number of nitrogens with one attached hydrogen (secondary N) is 1. The van der Waals surface area contributed by atoms with Crippen LogP contribution >= 0.6 is 11.6 Å². The van der Waals surface area contributed by atoms with Crippen molar-refractivity contribution in [2.45, 2.75) is 32.2 Å². The quantitative estimate of drug-likeness (QED) is 0.896. The molecule has 1 amide bonds. The first kappa shape index (κ1) is 16.8. The maximum atomic E-state index is 12.6. The van der Waals surface area contributed by atoms with E-state index in [0.717, 1.165) is 42.2 Å². The van der Waals surface area contributed by atoms with E-state index in [2.05, 4.69) is 10.3 Å². The van der Waals surface area contributed by atoms with Crippen molar-refractivity contribution >= 4 is 23.2 Å². The van der Waals surface area contributed by atoms with Crippen molar-refractivity contribution in [2.24, 2.45) is 0 Å². The van der Waals surface area contributed by atoms with Gasteiger partial charge < -0.3 is 10.2 Å². The first-order valence-corrected chi connectivity index (χ1v) is 8.84. The van der Waals surface area contributed by atoms with Gasteiger partial charge in [-0.15, -0.1) is 0 Å². The number of likely N-dealkylation sites (tertiary alicyclic amines) is 1. The number of rotatable bonds is 4. The monoisotopic (exact) mass is 343 g/mol. The average Bonchev–Trinajstić information content (AvgIpc) is 2.90. The highest BCUT2D eigenvalue weighted by Crippen LogP contribution is 2.16. The highest BCUT2D eigenvalue weighted by atomic mass is 35.5. The average molecular weight is 344 g/mol. The maximum absolute atomic E-state index is 12.6. The van der Waals surface area contributed by atoms with Crippen LogP contribution in [0.5, 0.6) is 0 Å². The summed E-state index contributed by atoms with van der Waals surface area (Å²) in [7, 11) is 0. The van der Waals surface area contributed by atoms with E-state index in [1.807, 2.05) is 41.3 Å². The fourth-order valence-corrected chi connectivity index (χ4v) is 3.03. The number of amides is 1. The molecule has 5 heteroatoms. The molecular weight excluding hydrogens is 322 g/mol. The van der Waals surface area contributed by atoms with Crippen LogP contribution in [0.15, 0.2) is 42.6 Å². The standard InChI is InChI=1S/C19H22ClN3O/c20-16-7-5-15(6-8-16)14-22-17-9-10-21-18(13-17)19(24)23-11-3-1-2-4-12-23/h5-10,13H,1-4,11-12,14H2,(H,21,22). The van der Waals surface area contributed by atoms with E-state index in [1.165, 1.54) is 12.8 Å². The Morgan fingerprint density at radius 3 is 2.50 bits per heavy atom. The number of hydrogen-bond donors (Lipinski definition) is 1. The molecule has 1 aromatic carbocycles. The third kappa shape index (κ3) is 4.48. The first-order valence-electron chi connectivity index (χ1n) is 8.46. The Morgan fingerprint density at radius 1 is 1.08 bits per heavy atom. The summed E-state index contributed by atoms with van der Waals surface area (Å²) in [6.45, 7) is 2.35. The van der Waals surface area contributed by atoms with E-state index in [1.54, 1.807) is 6.20 Å². The van der Waals surface area contributed by atoms with Gasteiger partial charge in [0.2, 0.25) is 0 Å². The SMILES string of the molecule is O=C(c1cc(NCc2ccc(Cl)cc2)ccn1)N1CCCCCC1. The van der Waals surface area contributed by atoms with E-state index < -0.39 is 0 Å². The summed E-state index contributed by atoms with van der Waals surface area (Å²) in [5.41, 5.74) is 2.55. The molecule has 3 rings (SSSR count). The van der Waals surface area contributed by atoms with Crippen LogP contribution in [0, 0.1) is 0 Å². The molecule has 0 radical (unpaired) electrons. The van der Waals surface area contributed by atoms with Gasteiger partial charge in [0.15, 0.2) is 0 Å². The Hall–Kier alpha value is -2.07. The predicted octanol–water partition coefficient (Wildman–Crippen LogP) is 4.36. The molecule has 0 unspecified atom stereocenters. The zero-order chi connectivity index (χ0) is 16.8. The van der Waals surface area contributed by atoms with E-state index in [0.29, 0.717) is 12.2 Å². The molecule has 24 heavy (non-hydrogen) atoms.